The molecule has 1 saturated heterocycles. The second kappa shape index (κ2) is 6.30. The van der Waals surface area contributed by atoms with Crippen LogP contribution in [-0.2, 0) is 0 Å². The molecule has 1 N–H and O–H groups in total. The maximum atomic E-state index is 4.31. The van der Waals surface area contributed by atoms with Gasteiger partial charge < -0.3 is 5.32 Å². The Morgan fingerprint density at radius 1 is 1.50 bits per heavy atom. The molecule has 0 spiro atoms. The Labute approximate surface area is 111 Å². The van der Waals surface area contributed by atoms with Gasteiger partial charge >= 0.3 is 0 Å². The van der Waals surface area contributed by atoms with Gasteiger partial charge in [-0.15, -0.1) is 0 Å². The Morgan fingerprint density at radius 3 is 3.06 bits per heavy atom. The highest BCUT2D eigenvalue weighted by atomic mass is 15.2. The van der Waals surface area contributed by atoms with Crippen LogP contribution < -0.4 is 5.32 Å². The molecular formula is C15H25N3. The Bertz CT molecular complexity index is 378. The molecule has 0 saturated carbocycles. The summed E-state index contributed by atoms with van der Waals surface area (Å²) in [5.74, 6) is 0.712. The zero-order valence-corrected chi connectivity index (χ0v) is 11.8. The molecule has 2 rings (SSSR count). The number of aryl methyl sites for hydroxylation is 1. The largest absolute Gasteiger partial charge is 0.316 e. The fraction of sp³-hybridized carbons (Fsp3) is 0.667. The van der Waals surface area contributed by atoms with Gasteiger partial charge in [0.2, 0.25) is 0 Å². The SMILES string of the molecule is CCCNCC1CCN(C)C1c1cnccc1C. The van der Waals surface area contributed by atoms with E-state index in [0.717, 1.165) is 13.1 Å². The highest BCUT2D eigenvalue weighted by molar-refractivity contribution is 5.26. The van der Waals surface area contributed by atoms with Crippen LogP contribution in [0.4, 0.5) is 0 Å². The molecule has 0 radical (unpaired) electrons. The Hall–Kier alpha value is -0.930. The number of hydrogen-bond donors (Lipinski definition) is 1. The number of aromatic nitrogens is 1. The van der Waals surface area contributed by atoms with Gasteiger partial charge in [0.1, 0.15) is 0 Å². The monoisotopic (exact) mass is 247 g/mol. The van der Waals surface area contributed by atoms with Crippen LogP contribution in [0, 0.1) is 12.8 Å². The van der Waals surface area contributed by atoms with E-state index in [4.69, 9.17) is 0 Å². The van der Waals surface area contributed by atoms with Gasteiger partial charge in [-0.25, -0.2) is 0 Å². The topological polar surface area (TPSA) is 28.2 Å². The average molecular weight is 247 g/mol. The molecule has 1 aliphatic heterocycles. The number of pyridine rings is 1. The van der Waals surface area contributed by atoms with E-state index < -0.39 is 0 Å². The minimum atomic E-state index is 0.531. The number of hydrogen-bond acceptors (Lipinski definition) is 3. The second-order valence-corrected chi connectivity index (χ2v) is 5.41. The molecular weight excluding hydrogens is 222 g/mol. The molecule has 1 aromatic rings. The number of nitrogens with one attached hydrogen (secondary N) is 1. The summed E-state index contributed by atoms with van der Waals surface area (Å²) in [4.78, 5) is 6.78. The minimum Gasteiger partial charge on any atom is -0.316 e. The molecule has 1 aliphatic rings. The molecule has 0 bridgehead atoms. The summed E-state index contributed by atoms with van der Waals surface area (Å²) in [6, 6.07) is 2.65. The lowest BCUT2D eigenvalue weighted by atomic mass is 9.92. The van der Waals surface area contributed by atoms with Gasteiger partial charge in [-0.3, -0.25) is 9.88 Å². The van der Waals surface area contributed by atoms with Gasteiger partial charge in [0.15, 0.2) is 0 Å². The maximum absolute atomic E-state index is 4.31. The van der Waals surface area contributed by atoms with Crippen molar-refractivity contribution in [2.75, 3.05) is 26.7 Å². The summed E-state index contributed by atoms with van der Waals surface area (Å²) >= 11 is 0. The smallest absolute Gasteiger partial charge is 0.0403 e. The van der Waals surface area contributed by atoms with Crippen molar-refractivity contribution in [3.8, 4) is 0 Å². The lowest BCUT2D eigenvalue weighted by Gasteiger charge is -2.26. The van der Waals surface area contributed by atoms with Gasteiger partial charge in [0.05, 0.1) is 0 Å². The van der Waals surface area contributed by atoms with Crippen LogP contribution in [0.2, 0.25) is 0 Å². The van der Waals surface area contributed by atoms with Gasteiger partial charge in [0, 0.05) is 18.4 Å². The van der Waals surface area contributed by atoms with Crippen molar-refractivity contribution in [2.24, 2.45) is 5.92 Å². The van der Waals surface area contributed by atoms with Crippen LogP contribution in [0.25, 0.3) is 0 Å². The Balaban J connectivity index is 2.10. The van der Waals surface area contributed by atoms with Crippen molar-refractivity contribution in [1.29, 1.82) is 0 Å². The molecule has 3 heteroatoms. The molecule has 0 aromatic carbocycles. The van der Waals surface area contributed by atoms with Crippen LogP contribution >= 0.6 is 0 Å². The quantitative estimate of drug-likeness (QED) is 0.810. The van der Waals surface area contributed by atoms with E-state index >= 15 is 0 Å². The van der Waals surface area contributed by atoms with Gasteiger partial charge in [-0.1, -0.05) is 6.92 Å². The molecule has 1 fully saturated rings. The third kappa shape index (κ3) is 2.90. The fourth-order valence-electron chi connectivity index (χ4n) is 2.98. The molecule has 0 aliphatic carbocycles. The van der Waals surface area contributed by atoms with E-state index in [1.807, 2.05) is 6.20 Å². The van der Waals surface area contributed by atoms with Crippen LogP contribution in [0.1, 0.15) is 36.9 Å². The van der Waals surface area contributed by atoms with Crippen molar-refractivity contribution in [2.45, 2.75) is 32.7 Å². The first-order valence-electron chi connectivity index (χ1n) is 7.05. The highest BCUT2D eigenvalue weighted by Crippen LogP contribution is 2.36. The van der Waals surface area contributed by atoms with Crippen molar-refractivity contribution in [1.82, 2.24) is 15.2 Å². The van der Waals surface area contributed by atoms with Gasteiger partial charge in [-0.05, 0) is 69.6 Å². The summed E-state index contributed by atoms with van der Waals surface area (Å²) in [6.07, 6.45) is 6.43. The van der Waals surface area contributed by atoms with Crippen molar-refractivity contribution in [3.05, 3.63) is 29.6 Å². The number of likely N-dealkylation sites (tertiary alicyclic amines) is 1. The third-order valence-corrected chi connectivity index (χ3v) is 4.01. The zero-order chi connectivity index (χ0) is 13.0. The Kier molecular flexibility index (Phi) is 4.72. The van der Waals surface area contributed by atoms with Crippen LogP contribution in [0.3, 0.4) is 0 Å². The number of nitrogens with zero attached hydrogens (tertiary/aromatic N) is 2. The molecule has 2 atom stereocenters. The third-order valence-electron chi connectivity index (χ3n) is 4.01. The molecule has 2 unspecified atom stereocenters. The number of rotatable bonds is 5. The average Bonchev–Trinajstić information content (AvgIpc) is 2.72. The summed E-state index contributed by atoms with van der Waals surface area (Å²) in [5.41, 5.74) is 2.77. The van der Waals surface area contributed by atoms with Crippen molar-refractivity contribution < 1.29 is 0 Å². The van der Waals surface area contributed by atoms with Crippen molar-refractivity contribution in [3.63, 3.8) is 0 Å². The molecule has 2 heterocycles. The normalized spacial score (nSPS) is 24.6. The molecule has 1 aromatic heterocycles. The van der Waals surface area contributed by atoms with E-state index in [0.29, 0.717) is 12.0 Å². The lowest BCUT2D eigenvalue weighted by molar-refractivity contribution is 0.271. The van der Waals surface area contributed by atoms with Gasteiger partial charge in [-0.2, -0.15) is 0 Å². The fourth-order valence-corrected chi connectivity index (χ4v) is 2.98. The minimum absolute atomic E-state index is 0.531. The second-order valence-electron chi connectivity index (χ2n) is 5.41. The van der Waals surface area contributed by atoms with Crippen LogP contribution in [0.15, 0.2) is 18.5 Å². The molecule has 3 nitrogen and oxygen atoms in total. The van der Waals surface area contributed by atoms with Gasteiger partial charge in [0.25, 0.3) is 0 Å². The molecule has 100 valence electrons. The predicted octanol–water partition coefficient (Wildman–Crippen LogP) is 2.38. The summed E-state index contributed by atoms with van der Waals surface area (Å²) < 4.78 is 0. The Morgan fingerprint density at radius 2 is 2.33 bits per heavy atom. The predicted molar refractivity (Wildman–Crippen MR) is 75.6 cm³/mol. The van der Waals surface area contributed by atoms with Crippen LogP contribution in [0.5, 0.6) is 0 Å². The summed E-state index contributed by atoms with van der Waals surface area (Å²) in [5, 5.41) is 3.57. The van der Waals surface area contributed by atoms with E-state index in [1.165, 1.54) is 30.5 Å². The summed E-state index contributed by atoms with van der Waals surface area (Å²) in [6.45, 7) is 7.85. The van der Waals surface area contributed by atoms with E-state index in [-0.39, 0.29) is 0 Å². The first kappa shape index (κ1) is 13.5. The molecule has 0 amide bonds. The van der Waals surface area contributed by atoms with E-state index in [2.05, 4.69) is 48.4 Å². The highest BCUT2D eigenvalue weighted by Gasteiger charge is 2.33. The van der Waals surface area contributed by atoms with Crippen molar-refractivity contribution >= 4 is 0 Å². The lowest BCUT2D eigenvalue weighted by Crippen LogP contribution is -2.29. The molecule has 18 heavy (non-hydrogen) atoms. The maximum Gasteiger partial charge on any atom is 0.0403 e. The first-order chi connectivity index (χ1) is 8.74. The zero-order valence-electron chi connectivity index (χ0n) is 11.8. The first-order valence-corrected chi connectivity index (χ1v) is 7.05. The van der Waals surface area contributed by atoms with Crippen LogP contribution in [-0.4, -0.2) is 36.6 Å². The van der Waals surface area contributed by atoms with E-state index in [9.17, 15) is 0 Å². The standard InChI is InChI=1S/C15H25N3/c1-4-7-16-10-13-6-9-18(3)15(13)14-11-17-8-5-12(14)2/h5,8,11,13,15-16H,4,6-7,9-10H2,1-3H3. The summed E-state index contributed by atoms with van der Waals surface area (Å²) in [7, 11) is 2.23. The van der Waals surface area contributed by atoms with E-state index in [1.54, 1.807) is 0 Å².